The first-order valence-corrected chi connectivity index (χ1v) is 32.3. The molecule has 0 radical (unpaired) electrons. The Morgan fingerprint density at radius 3 is 0.608 bits per heavy atom. The molecule has 0 heterocycles. The molecule has 4 N–H and O–H groups in total. The molecule has 0 atom stereocenters. The van der Waals surface area contributed by atoms with E-state index in [4.69, 9.17) is 18.9 Å². The van der Waals surface area contributed by atoms with Crippen molar-refractivity contribution in [3.05, 3.63) is 237 Å². The van der Waals surface area contributed by atoms with E-state index in [9.17, 15) is 58.8 Å². The van der Waals surface area contributed by atoms with Gasteiger partial charge in [-0.15, -0.1) is 0 Å². The highest BCUT2D eigenvalue weighted by molar-refractivity contribution is 6.18. The zero-order chi connectivity index (χ0) is 70.1. The highest BCUT2D eigenvalue weighted by Gasteiger charge is 2.40. The number of ketones is 4. The van der Waals surface area contributed by atoms with Gasteiger partial charge in [-0.1, -0.05) is 72.8 Å². The van der Waals surface area contributed by atoms with Gasteiger partial charge in [-0.3, -0.25) is 19.2 Å². The van der Waals surface area contributed by atoms with Crippen molar-refractivity contribution in [2.75, 3.05) is 98.4 Å². The number of rotatable bonds is 32. The third-order valence-corrected chi connectivity index (χ3v) is 17.0. The van der Waals surface area contributed by atoms with Crippen LogP contribution in [0.25, 0.3) is 0 Å². The molecule has 0 amide bonds. The van der Waals surface area contributed by atoms with Crippen molar-refractivity contribution < 1.29 is 77.7 Å². The van der Waals surface area contributed by atoms with Crippen molar-refractivity contribution in [2.45, 2.75) is 55.4 Å². The number of hydrogen-bond acceptors (Lipinski definition) is 20. The van der Waals surface area contributed by atoms with Crippen molar-refractivity contribution in [3.63, 3.8) is 0 Å². The number of esters is 4. The highest BCUT2D eigenvalue weighted by atomic mass is 16.6. The van der Waals surface area contributed by atoms with Gasteiger partial charge in [0.2, 0.25) is 0 Å². The summed E-state index contributed by atoms with van der Waals surface area (Å²) < 4.78 is 24.3. The lowest BCUT2D eigenvalue weighted by Gasteiger charge is -2.32. The zero-order valence-corrected chi connectivity index (χ0v) is 55.6. The van der Waals surface area contributed by atoms with E-state index in [1.807, 2.05) is 75.0 Å². The summed E-state index contributed by atoms with van der Waals surface area (Å²) in [7, 11) is 0. The molecule has 8 rings (SSSR count). The second kappa shape index (κ2) is 32.7. The summed E-state index contributed by atoms with van der Waals surface area (Å²) in [5, 5.41) is 45.1. The predicted octanol–water partition coefficient (Wildman–Crippen LogP) is 12.5. The van der Waals surface area contributed by atoms with Crippen LogP contribution in [0.5, 0.6) is 23.0 Å². The first-order valence-electron chi connectivity index (χ1n) is 32.3. The Morgan fingerprint density at radius 2 is 0.443 bits per heavy atom. The second-order valence-corrected chi connectivity index (χ2v) is 22.8. The van der Waals surface area contributed by atoms with Gasteiger partial charge in [-0.05, 0) is 128 Å². The van der Waals surface area contributed by atoms with Gasteiger partial charge in [0.15, 0.2) is 23.1 Å². The van der Waals surface area contributed by atoms with Gasteiger partial charge in [0.25, 0.3) is 0 Å². The van der Waals surface area contributed by atoms with Gasteiger partial charge in [0, 0.05) is 122 Å². The van der Waals surface area contributed by atoms with Gasteiger partial charge in [0.05, 0.1) is 44.5 Å². The first-order chi connectivity index (χ1) is 46.7. The Balaban J connectivity index is 1.21. The predicted molar refractivity (Wildman–Crippen MR) is 370 cm³/mol. The van der Waals surface area contributed by atoms with Crippen molar-refractivity contribution in [2.24, 2.45) is 5.41 Å². The van der Waals surface area contributed by atoms with Crippen LogP contribution in [0.15, 0.2) is 170 Å². The van der Waals surface area contributed by atoms with E-state index in [1.165, 1.54) is 146 Å². The van der Waals surface area contributed by atoms with E-state index in [-0.39, 0.29) is 89.8 Å². The van der Waals surface area contributed by atoms with Crippen LogP contribution in [0.2, 0.25) is 0 Å². The number of carbonyl (C=O) groups excluding carboxylic acids is 8. The Labute approximate surface area is 563 Å². The maximum atomic E-state index is 14.8. The molecule has 0 saturated heterocycles. The van der Waals surface area contributed by atoms with Gasteiger partial charge in [-0.2, -0.15) is 0 Å². The molecular formula is C77H80N4O16. The third kappa shape index (κ3) is 16.3. The fourth-order valence-corrected chi connectivity index (χ4v) is 11.4. The van der Waals surface area contributed by atoms with E-state index >= 15 is 0 Å². The minimum atomic E-state index is -2.19. The van der Waals surface area contributed by atoms with E-state index < -0.39 is 78.9 Å². The number of ether oxygens (including phenoxy) is 4. The summed E-state index contributed by atoms with van der Waals surface area (Å²) in [6, 6.07) is 40.5. The number of phenolic OH excluding ortho intramolecular Hbond substituents is 4. The molecule has 20 nitrogen and oxygen atoms in total. The highest BCUT2D eigenvalue weighted by Crippen LogP contribution is 2.34. The maximum absolute atomic E-state index is 14.8. The molecule has 97 heavy (non-hydrogen) atoms. The summed E-state index contributed by atoms with van der Waals surface area (Å²) in [6.45, 7) is 16.5. The Hall–Kier alpha value is -11.3. The fourth-order valence-electron chi connectivity index (χ4n) is 11.4. The van der Waals surface area contributed by atoms with Gasteiger partial charge < -0.3 is 59.0 Å². The van der Waals surface area contributed by atoms with E-state index in [0.29, 0.717) is 75.1 Å². The smallest absolute Gasteiger partial charge is 0.338 e. The summed E-state index contributed by atoms with van der Waals surface area (Å²) in [4.78, 5) is 125. The molecule has 20 heteroatoms. The van der Waals surface area contributed by atoms with Crippen LogP contribution in [0.3, 0.4) is 0 Å². The number of hydrogen-bond donors (Lipinski definition) is 4. The van der Waals surface area contributed by atoms with Crippen LogP contribution in [0.4, 0.5) is 22.7 Å². The number of anilines is 4. The van der Waals surface area contributed by atoms with Crippen molar-refractivity contribution in [1.82, 2.24) is 0 Å². The average Bonchev–Trinajstić information content (AvgIpc) is 0.984. The Morgan fingerprint density at radius 1 is 0.268 bits per heavy atom. The van der Waals surface area contributed by atoms with E-state index in [2.05, 4.69) is 0 Å². The number of benzene rings is 8. The molecule has 0 aromatic heterocycles. The van der Waals surface area contributed by atoms with Crippen molar-refractivity contribution in [3.8, 4) is 23.0 Å². The Kier molecular flexibility index (Phi) is 24.1. The largest absolute Gasteiger partial charge is 0.507 e. The molecule has 0 aliphatic carbocycles. The molecule has 0 aliphatic rings. The summed E-state index contributed by atoms with van der Waals surface area (Å²) in [5.41, 5.74) is -2.20. The molecular weight excluding hydrogens is 1240 g/mol. The third-order valence-electron chi connectivity index (χ3n) is 17.0. The number of nitrogens with zero attached hydrogens (tertiary/aromatic N) is 4. The SMILES string of the molecule is CCN(CC)c1ccc(C(=O)c2ccccc2C(=O)OCC(COC(=O)c2ccccc2C(=O)c2ccc(N(CC)CC)cc2O)(COC(=O)c2ccccc2C(=O)c2ccc(N(CC)CC)cc2O)COC(=O)c2ccccc2C(=O)c2ccc(N(CC)CC)cc2O)c(O)c1. The zero-order valence-electron chi connectivity index (χ0n) is 55.6. The van der Waals surface area contributed by atoms with Crippen LogP contribution in [0, 0.1) is 5.41 Å². The molecule has 0 unspecified atom stereocenters. The molecule has 0 saturated carbocycles. The molecule has 0 bridgehead atoms. The molecule has 0 fully saturated rings. The Bertz CT molecular complexity index is 3690. The van der Waals surface area contributed by atoms with Gasteiger partial charge in [-0.25, -0.2) is 19.2 Å². The molecule has 8 aromatic rings. The minimum absolute atomic E-state index is 0.141. The van der Waals surface area contributed by atoms with Crippen LogP contribution >= 0.6 is 0 Å². The van der Waals surface area contributed by atoms with Gasteiger partial charge >= 0.3 is 23.9 Å². The minimum Gasteiger partial charge on any atom is -0.507 e. The fraction of sp³-hybridized carbons (Fsp3) is 0.273. The van der Waals surface area contributed by atoms with Gasteiger partial charge in [0.1, 0.15) is 54.8 Å². The lowest BCUT2D eigenvalue weighted by Crippen LogP contribution is -2.44. The quantitative estimate of drug-likeness (QED) is 0.0173. The summed E-state index contributed by atoms with van der Waals surface area (Å²) in [6.07, 6.45) is 0. The van der Waals surface area contributed by atoms with Crippen molar-refractivity contribution >= 4 is 69.8 Å². The van der Waals surface area contributed by atoms with E-state index in [1.54, 1.807) is 24.3 Å². The molecule has 8 aromatic carbocycles. The van der Waals surface area contributed by atoms with Crippen LogP contribution in [-0.2, 0) is 18.9 Å². The monoisotopic (exact) mass is 1320 g/mol. The van der Waals surface area contributed by atoms with Crippen LogP contribution < -0.4 is 19.6 Å². The summed E-state index contributed by atoms with van der Waals surface area (Å²) >= 11 is 0. The normalized spacial score (nSPS) is 11.1. The van der Waals surface area contributed by atoms with Crippen LogP contribution in [0.1, 0.15) is 161 Å². The average molecular weight is 1320 g/mol. The maximum Gasteiger partial charge on any atom is 0.338 e. The first kappa shape index (κ1) is 71.6. The lowest BCUT2D eigenvalue weighted by molar-refractivity contribution is -0.0643. The standard InChI is InChI=1S/C77H80N4O16/c1-9-78(10-2)49-33-37-61(65(82)41-49)69(86)53-25-17-21-29-57(53)73(90)94-45-77(46-95-74(91)58-30-22-18-26-54(58)70(87)62-38-34-50(42-66(62)83)79(11-3)12-4,47-96-75(92)59-31-23-19-27-55(59)71(88)63-39-35-51(43-67(63)84)80(13-5)14-6)48-97-76(93)60-32-24-20-28-56(60)72(89)64-40-36-52(44-68(64)85)81(15-7)16-8/h17-44,82-85H,9-16,45-48H2,1-8H3. The number of phenols is 4. The van der Waals surface area contributed by atoms with E-state index in [0.717, 1.165) is 0 Å². The molecule has 0 spiro atoms. The number of aromatic hydroxyl groups is 4. The number of carbonyl (C=O) groups is 8. The van der Waals surface area contributed by atoms with Crippen molar-refractivity contribution in [1.29, 1.82) is 0 Å². The topological polar surface area (TPSA) is 267 Å². The molecule has 504 valence electrons. The summed E-state index contributed by atoms with van der Waals surface area (Å²) in [5.74, 6) is -9.15. The second-order valence-electron chi connectivity index (χ2n) is 22.8. The lowest BCUT2D eigenvalue weighted by atomic mass is 9.91. The van der Waals surface area contributed by atoms with Crippen LogP contribution in [-0.4, -0.2) is 146 Å². The molecule has 0 aliphatic heterocycles.